The van der Waals surface area contributed by atoms with Crippen molar-refractivity contribution in [1.29, 1.82) is 0 Å². The summed E-state index contributed by atoms with van der Waals surface area (Å²) in [5.74, 6) is 0.0288. The third kappa shape index (κ3) is 6.04. The maximum absolute atomic E-state index is 12.4. The van der Waals surface area contributed by atoms with Gasteiger partial charge in [0.2, 0.25) is 10.0 Å². The van der Waals surface area contributed by atoms with E-state index >= 15 is 0 Å². The van der Waals surface area contributed by atoms with Crippen LogP contribution in [0.4, 0.5) is 0 Å². The van der Waals surface area contributed by atoms with Crippen LogP contribution in [0.2, 0.25) is 0 Å². The van der Waals surface area contributed by atoms with Gasteiger partial charge in [-0.15, -0.1) is 12.4 Å². The highest BCUT2D eigenvalue weighted by molar-refractivity contribution is 7.88. The third-order valence-corrected chi connectivity index (χ3v) is 5.66. The molecule has 1 saturated heterocycles. The average Bonchev–Trinajstić information content (AvgIpc) is 2.49. The van der Waals surface area contributed by atoms with Crippen LogP contribution in [0.15, 0.2) is 24.3 Å². The van der Waals surface area contributed by atoms with E-state index in [1.165, 1.54) is 0 Å². The van der Waals surface area contributed by atoms with Crippen LogP contribution in [-0.4, -0.2) is 41.8 Å². The van der Waals surface area contributed by atoms with Crippen molar-refractivity contribution in [2.45, 2.75) is 25.5 Å². The summed E-state index contributed by atoms with van der Waals surface area (Å²) in [4.78, 5) is 0. The Balaban J connectivity index is 0.00000264. The van der Waals surface area contributed by atoms with Crippen molar-refractivity contribution in [1.82, 2.24) is 10.0 Å². The minimum atomic E-state index is -3.34. The van der Waals surface area contributed by atoms with E-state index in [4.69, 9.17) is 4.74 Å². The highest BCUT2D eigenvalue weighted by Crippen LogP contribution is 2.28. The van der Waals surface area contributed by atoms with Gasteiger partial charge in [-0.1, -0.05) is 24.3 Å². The molecule has 0 aromatic heterocycles. The zero-order valence-corrected chi connectivity index (χ0v) is 15.4. The van der Waals surface area contributed by atoms with Crippen LogP contribution in [0, 0.1) is 12.3 Å². The second-order valence-corrected chi connectivity index (χ2v) is 8.00. The first-order chi connectivity index (χ1) is 10.5. The predicted molar refractivity (Wildman–Crippen MR) is 95.5 cm³/mol. The van der Waals surface area contributed by atoms with E-state index in [1.807, 2.05) is 31.2 Å². The molecule has 2 rings (SSSR count). The Morgan fingerprint density at radius 2 is 1.91 bits per heavy atom. The number of hydrogen-bond acceptors (Lipinski definition) is 4. The van der Waals surface area contributed by atoms with Crippen molar-refractivity contribution in [3.05, 3.63) is 35.4 Å². The van der Waals surface area contributed by atoms with Crippen LogP contribution in [0.1, 0.15) is 24.0 Å². The summed E-state index contributed by atoms with van der Waals surface area (Å²) in [6.45, 7) is 4.77. The molecule has 0 aliphatic carbocycles. The van der Waals surface area contributed by atoms with Crippen molar-refractivity contribution in [3.63, 3.8) is 0 Å². The summed E-state index contributed by atoms with van der Waals surface area (Å²) >= 11 is 0. The highest BCUT2D eigenvalue weighted by Gasteiger charge is 2.33. The fourth-order valence-corrected chi connectivity index (χ4v) is 4.29. The highest BCUT2D eigenvalue weighted by atomic mass is 35.5. The van der Waals surface area contributed by atoms with Gasteiger partial charge in [0, 0.05) is 19.1 Å². The van der Waals surface area contributed by atoms with Crippen LogP contribution in [0.3, 0.4) is 0 Å². The van der Waals surface area contributed by atoms with Gasteiger partial charge in [0.25, 0.3) is 0 Å². The van der Waals surface area contributed by atoms with Gasteiger partial charge in [-0.3, -0.25) is 0 Å². The summed E-state index contributed by atoms with van der Waals surface area (Å²) in [5, 5.41) is 3.31. The lowest BCUT2D eigenvalue weighted by Crippen LogP contribution is -2.47. The van der Waals surface area contributed by atoms with Gasteiger partial charge in [0.1, 0.15) is 0 Å². The second-order valence-electron chi connectivity index (χ2n) is 6.19. The van der Waals surface area contributed by atoms with Crippen molar-refractivity contribution < 1.29 is 13.2 Å². The van der Waals surface area contributed by atoms with Gasteiger partial charge in [-0.2, -0.15) is 0 Å². The monoisotopic (exact) mass is 362 g/mol. The number of hydrogen-bond donors (Lipinski definition) is 2. The Morgan fingerprint density at radius 3 is 2.52 bits per heavy atom. The second kappa shape index (κ2) is 8.99. The van der Waals surface area contributed by atoms with E-state index in [0.717, 1.165) is 37.1 Å². The topological polar surface area (TPSA) is 67.4 Å². The number of nitrogens with one attached hydrogen (secondary N) is 2. The third-order valence-electron chi connectivity index (χ3n) is 4.39. The fraction of sp³-hybridized carbons (Fsp3) is 0.625. The lowest BCUT2D eigenvalue weighted by atomic mass is 9.80. The molecule has 0 radical (unpaired) electrons. The smallest absolute Gasteiger partial charge is 0.215 e. The van der Waals surface area contributed by atoms with Crippen molar-refractivity contribution in [2.24, 2.45) is 5.41 Å². The van der Waals surface area contributed by atoms with Crippen LogP contribution < -0.4 is 10.0 Å². The minimum Gasteiger partial charge on any atom is -0.384 e. The summed E-state index contributed by atoms with van der Waals surface area (Å²) in [6, 6.07) is 7.59. The largest absolute Gasteiger partial charge is 0.384 e. The van der Waals surface area contributed by atoms with Crippen molar-refractivity contribution in [2.75, 3.05) is 33.4 Å². The molecule has 1 heterocycles. The van der Waals surface area contributed by atoms with Gasteiger partial charge in [-0.05, 0) is 44.0 Å². The minimum absolute atomic E-state index is 0. The van der Waals surface area contributed by atoms with Crippen molar-refractivity contribution >= 4 is 22.4 Å². The Bertz CT molecular complexity index is 581. The first-order valence-corrected chi connectivity index (χ1v) is 9.33. The van der Waals surface area contributed by atoms with Gasteiger partial charge >= 0.3 is 0 Å². The molecule has 0 atom stereocenters. The zero-order valence-electron chi connectivity index (χ0n) is 13.8. The number of benzene rings is 1. The molecule has 0 bridgehead atoms. The van der Waals surface area contributed by atoms with Gasteiger partial charge in [0.05, 0.1) is 12.4 Å². The quantitative estimate of drug-likeness (QED) is 0.776. The molecule has 1 aromatic carbocycles. The first kappa shape index (κ1) is 20.4. The number of methoxy groups -OCH3 is 1. The molecule has 1 aliphatic rings. The fourth-order valence-electron chi connectivity index (χ4n) is 2.93. The van der Waals surface area contributed by atoms with Gasteiger partial charge in [0.15, 0.2) is 0 Å². The molecule has 23 heavy (non-hydrogen) atoms. The normalized spacial score (nSPS) is 17.5. The number of rotatable bonds is 7. The van der Waals surface area contributed by atoms with E-state index in [0.29, 0.717) is 13.2 Å². The van der Waals surface area contributed by atoms with Crippen LogP contribution >= 0.6 is 12.4 Å². The molecule has 5 nitrogen and oxygen atoms in total. The van der Waals surface area contributed by atoms with E-state index in [2.05, 4.69) is 10.0 Å². The SMILES string of the molecule is COCC1(CNS(=O)(=O)Cc2ccccc2C)CCNCC1.Cl. The molecule has 7 heteroatoms. The molecular formula is C16H27ClN2O3S. The molecule has 0 spiro atoms. The van der Waals surface area contributed by atoms with Crippen LogP contribution in [-0.2, 0) is 20.5 Å². The lowest BCUT2D eigenvalue weighted by Gasteiger charge is -2.37. The molecule has 0 amide bonds. The predicted octanol–water partition coefficient (Wildman–Crippen LogP) is 1.85. The number of halogens is 1. The molecule has 1 fully saturated rings. The number of aryl methyl sites for hydroxylation is 1. The maximum atomic E-state index is 12.4. The average molecular weight is 363 g/mol. The summed E-state index contributed by atoms with van der Waals surface area (Å²) in [6.07, 6.45) is 1.85. The van der Waals surface area contributed by atoms with E-state index in [-0.39, 0.29) is 23.6 Å². The van der Waals surface area contributed by atoms with Crippen LogP contribution in [0.5, 0.6) is 0 Å². The van der Waals surface area contributed by atoms with Crippen LogP contribution in [0.25, 0.3) is 0 Å². The molecule has 0 unspecified atom stereocenters. The summed E-state index contributed by atoms with van der Waals surface area (Å²) in [5.41, 5.74) is 1.75. The number of piperidine rings is 1. The molecule has 1 aromatic rings. The van der Waals surface area contributed by atoms with E-state index in [9.17, 15) is 8.42 Å². The molecule has 1 aliphatic heterocycles. The first-order valence-electron chi connectivity index (χ1n) is 7.68. The Kier molecular flexibility index (Phi) is 7.97. The molecule has 2 N–H and O–H groups in total. The lowest BCUT2D eigenvalue weighted by molar-refractivity contribution is 0.0577. The summed E-state index contributed by atoms with van der Waals surface area (Å²) < 4.78 is 32.9. The van der Waals surface area contributed by atoms with E-state index < -0.39 is 10.0 Å². The summed E-state index contributed by atoms with van der Waals surface area (Å²) in [7, 11) is -1.67. The Hall–Kier alpha value is -0.660. The molecule has 0 saturated carbocycles. The Labute approximate surface area is 145 Å². The Morgan fingerprint density at radius 1 is 1.26 bits per heavy atom. The number of ether oxygens (including phenoxy) is 1. The van der Waals surface area contributed by atoms with Crippen molar-refractivity contribution in [3.8, 4) is 0 Å². The molecular weight excluding hydrogens is 336 g/mol. The molecule has 132 valence electrons. The maximum Gasteiger partial charge on any atom is 0.215 e. The zero-order chi connectivity index (χ0) is 16.1. The van der Waals surface area contributed by atoms with E-state index in [1.54, 1.807) is 7.11 Å². The van der Waals surface area contributed by atoms with Gasteiger partial charge in [-0.25, -0.2) is 13.1 Å². The number of sulfonamides is 1. The van der Waals surface area contributed by atoms with Gasteiger partial charge < -0.3 is 10.1 Å². The standard InChI is InChI=1S/C16H26N2O3S.ClH/c1-14-5-3-4-6-15(14)11-22(19,20)18-12-16(13-21-2)7-9-17-10-8-16;/h3-6,17-18H,7-13H2,1-2H3;1H.